The van der Waals surface area contributed by atoms with Gasteiger partial charge in [0.2, 0.25) is 0 Å². The molecule has 2 nitrogen and oxygen atoms in total. The minimum atomic E-state index is 0.510. The highest BCUT2D eigenvalue weighted by molar-refractivity contribution is 4.68. The van der Waals surface area contributed by atoms with Crippen LogP contribution in [-0.2, 0) is 0 Å². The quantitative estimate of drug-likeness (QED) is 0.634. The zero-order chi connectivity index (χ0) is 14.8. The molecule has 0 unspecified atom stereocenters. The van der Waals surface area contributed by atoms with Crippen LogP contribution in [0.25, 0.3) is 0 Å². The first kappa shape index (κ1) is 18.0. The monoisotopic (exact) mass is 282 g/mol. The molecular weight excluding hydrogens is 244 g/mol. The van der Waals surface area contributed by atoms with Gasteiger partial charge in [-0.05, 0) is 37.1 Å². The molecule has 0 aliphatic carbocycles. The van der Waals surface area contributed by atoms with Gasteiger partial charge in [-0.2, -0.15) is 0 Å². The summed E-state index contributed by atoms with van der Waals surface area (Å²) in [6, 6.07) is 0. The Hall–Kier alpha value is -0.0800. The molecule has 0 bridgehead atoms. The molecule has 0 aromatic carbocycles. The van der Waals surface area contributed by atoms with E-state index in [1.165, 1.54) is 77.7 Å². The van der Waals surface area contributed by atoms with E-state index in [-0.39, 0.29) is 0 Å². The van der Waals surface area contributed by atoms with Gasteiger partial charge in [-0.3, -0.25) is 0 Å². The van der Waals surface area contributed by atoms with Gasteiger partial charge < -0.3 is 10.2 Å². The fraction of sp³-hybridized carbons (Fsp3) is 1.00. The van der Waals surface area contributed by atoms with E-state index in [4.69, 9.17) is 0 Å². The Labute approximate surface area is 127 Å². The number of nitrogens with one attached hydrogen (secondary N) is 1. The second kappa shape index (κ2) is 9.78. The number of hydrogen-bond acceptors (Lipinski definition) is 2. The molecule has 1 aliphatic rings. The number of rotatable bonds is 9. The van der Waals surface area contributed by atoms with Crippen LogP contribution < -0.4 is 5.32 Å². The van der Waals surface area contributed by atoms with Crippen molar-refractivity contribution in [3.05, 3.63) is 0 Å². The molecule has 1 aliphatic heterocycles. The smallest absolute Gasteiger partial charge is 0.0107 e. The second-order valence-corrected chi connectivity index (χ2v) is 7.81. The van der Waals surface area contributed by atoms with Crippen LogP contribution in [0.15, 0.2) is 0 Å². The van der Waals surface area contributed by atoms with Gasteiger partial charge in [0.1, 0.15) is 0 Å². The molecule has 0 spiro atoms. The summed E-state index contributed by atoms with van der Waals surface area (Å²) in [6.45, 7) is 15.7. The molecule has 0 aromatic heterocycles. The molecule has 20 heavy (non-hydrogen) atoms. The Morgan fingerprint density at radius 2 is 1.70 bits per heavy atom. The van der Waals surface area contributed by atoms with Gasteiger partial charge in [0.15, 0.2) is 0 Å². The van der Waals surface area contributed by atoms with Gasteiger partial charge in [0, 0.05) is 26.2 Å². The molecule has 2 heteroatoms. The Bertz CT molecular complexity index is 226. The van der Waals surface area contributed by atoms with Gasteiger partial charge in [0.05, 0.1) is 0 Å². The molecule has 1 N–H and O–H groups in total. The highest BCUT2D eigenvalue weighted by Crippen LogP contribution is 2.27. The SMILES string of the molecule is CC[C@@H](CCCCCN1CCNCC1)CCC(C)(C)C. The Morgan fingerprint density at radius 3 is 2.30 bits per heavy atom. The standard InChI is InChI=1S/C18H38N2/c1-5-17(10-11-18(2,3)4)9-7-6-8-14-20-15-12-19-13-16-20/h17,19H,5-16H2,1-4H3/t17-/m0/s1. The number of nitrogens with zero attached hydrogens (tertiary/aromatic N) is 1. The van der Waals surface area contributed by atoms with Gasteiger partial charge in [0.25, 0.3) is 0 Å². The van der Waals surface area contributed by atoms with Crippen LogP contribution in [0.5, 0.6) is 0 Å². The van der Waals surface area contributed by atoms with E-state index in [1.54, 1.807) is 0 Å². The number of hydrogen-bond donors (Lipinski definition) is 1. The predicted molar refractivity (Wildman–Crippen MR) is 90.2 cm³/mol. The first-order valence-corrected chi connectivity index (χ1v) is 8.94. The van der Waals surface area contributed by atoms with Crippen molar-refractivity contribution < 1.29 is 0 Å². The summed E-state index contributed by atoms with van der Waals surface area (Å²) in [5, 5.41) is 3.42. The van der Waals surface area contributed by atoms with E-state index in [9.17, 15) is 0 Å². The molecule has 120 valence electrons. The summed E-state index contributed by atoms with van der Waals surface area (Å²) in [5.74, 6) is 0.966. The van der Waals surface area contributed by atoms with Crippen molar-refractivity contribution in [2.75, 3.05) is 32.7 Å². The lowest BCUT2D eigenvalue weighted by Crippen LogP contribution is -2.43. The Kier molecular flexibility index (Phi) is 8.79. The summed E-state index contributed by atoms with van der Waals surface area (Å²) in [7, 11) is 0. The highest BCUT2D eigenvalue weighted by Gasteiger charge is 2.14. The molecule has 1 atom stereocenters. The molecule has 1 rings (SSSR count). The van der Waals surface area contributed by atoms with E-state index < -0.39 is 0 Å². The maximum Gasteiger partial charge on any atom is 0.0107 e. The van der Waals surface area contributed by atoms with Crippen molar-refractivity contribution in [2.24, 2.45) is 11.3 Å². The van der Waals surface area contributed by atoms with Crippen LogP contribution in [0.4, 0.5) is 0 Å². The molecule has 0 amide bonds. The van der Waals surface area contributed by atoms with Gasteiger partial charge >= 0.3 is 0 Å². The van der Waals surface area contributed by atoms with Crippen molar-refractivity contribution >= 4 is 0 Å². The van der Waals surface area contributed by atoms with Crippen LogP contribution in [-0.4, -0.2) is 37.6 Å². The fourth-order valence-electron chi connectivity index (χ4n) is 3.07. The summed E-state index contributed by atoms with van der Waals surface area (Å²) in [4.78, 5) is 2.62. The molecule has 0 aromatic rings. The molecule has 1 heterocycles. The topological polar surface area (TPSA) is 15.3 Å². The first-order chi connectivity index (χ1) is 9.51. The van der Waals surface area contributed by atoms with Crippen molar-refractivity contribution in [3.63, 3.8) is 0 Å². The average Bonchev–Trinajstić information content (AvgIpc) is 2.42. The van der Waals surface area contributed by atoms with Crippen molar-refractivity contribution in [1.29, 1.82) is 0 Å². The third-order valence-electron chi connectivity index (χ3n) is 4.68. The molecular formula is C18H38N2. The largest absolute Gasteiger partial charge is 0.314 e. The van der Waals surface area contributed by atoms with Crippen LogP contribution in [0.3, 0.4) is 0 Å². The minimum Gasteiger partial charge on any atom is -0.314 e. The number of piperazine rings is 1. The third kappa shape index (κ3) is 8.97. The lowest BCUT2D eigenvalue weighted by molar-refractivity contribution is 0.234. The van der Waals surface area contributed by atoms with Crippen LogP contribution in [0, 0.1) is 11.3 Å². The zero-order valence-electron chi connectivity index (χ0n) is 14.5. The normalized spacial score (nSPS) is 19.2. The minimum absolute atomic E-state index is 0.510. The summed E-state index contributed by atoms with van der Waals surface area (Å²) in [5.41, 5.74) is 0.510. The lowest BCUT2D eigenvalue weighted by Gasteiger charge is -2.27. The zero-order valence-corrected chi connectivity index (χ0v) is 14.5. The van der Waals surface area contributed by atoms with E-state index in [0.717, 1.165) is 5.92 Å². The highest BCUT2D eigenvalue weighted by atomic mass is 15.2. The van der Waals surface area contributed by atoms with E-state index in [2.05, 4.69) is 37.9 Å². The molecule has 1 saturated heterocycles. The van der Waals surface area contributed by atoms with Crippen LogP contribution in [0.1, 0.15) is 72.6 Å². The second-order valence-electron chi connectivity index (χ2n) is 7.81. The maximum atomic E-state index is 3.42. The average molecular weight is 283 g/mol. The molecule has 1 fully saturated rings. The van der Waals surface area contributed by atoms with Gasteiger partial charge in [-0.15, -0.1) is 0 Å². The lowest BCUT2D eigenvalue weighted by atomic mass is 9.84. The third-order valence-corrected chi connectivity index (χ3v) is 4.68. The van der Waals surface area contributed by atoms with Gasteiger partial charge in [-0.25, -0.2) is 0 Å². The van der Waals surface area contributed by atoms with Crippen LogP contribution in [0.2, 0.25) is 0 Å². The van der Waals surface area contributed by atoms with Gasteiger partial charge in [-0.1, -0.05) is 53.4 Å². The van der Waals surface area contributed by atoms with Crippen molar-refractivity contribution in [3.8, 4) is 0 Å². The van der Waals surface area contributed by atoms with E-state index >= 15 is 0 Å². The number of unbranched alkanes of at least 4 members (excludes halogenated alkanes) is 2. The van der Waals surface area contributed by atoms with E-state index in [1.807, 2.05) is 0 Å². The Morgan fingerprint density at radius 1 is 1.00 bits per heavy atom. The van der Waals surface area contributed by atoms with Crippen molar-refractivity contribution in [1.82, 2.24) is 10.2 Å². The summed E-state index contributed by atoms with van der Waals surface area (Å²) in [6.07, 6.45) is 9.90. The predicted octanol–water partition coefficient (Wildman–Crippen LogP) is 4.30. The maximum absolute atomic E-state index is 3.42. The van der Waals surface area contributed by atoms with Crippen LogP contribution >= 0.6 is 0 Å². The summed E-state index contributed by atoms with van der Waals surface area (Å²) >= 11 is 0. The Balaban J connectivity index is 2.00. The first-order valence-electron chi connectivity index (χ1n) is 8.94. The molecule has 0 radical (unpaired) electrons. The fourth-order valence-corrected chi connectivity index (χ4v) is 3.07. The van der Waals surface area contributed by atoms with Crippen molar-refractivity contribution in [2.45, 2.75) is 72.6 Å². The summed E-state index contributed by atoms with van der Waals surface area (Å²) < 4.78 is 0. The molecule has 0 saturated carbocycles. The van der Waals surface area contributed by atoms with E-state index in [0.29, 0.717) is 5.41 Å².